The van der Waals surface area contributed by atoms with Crippen LogP contribution in [-0.4, -0.2) is 9.67 Å². The lowest BCUT2D eigenvalue weighted by molar-refractivity contribution is 0.179. The second kappa shape index (κ2) is 2.36. The topological polar surface area (TPSA) is 51.2 Å². The monoisotopic (exact) mass is 152 g/mol. The lowest BCUT2D eigenvalue weighted by Crippen LogP contribution is -2.02. The summed E-state index contributed by atoms with van der Waals surface area (Å²) in [7, 11) is 0. The van der Waals surface area contributed by atoms with Crippen molar-refractivity contribution in [3.8, 4) is 0 Å². The first-order valence-electron chi connectivity index (χ1n) is 3.89. The number of aromatic nitrogens is 1. The summed E-state index contributed by atoms with van der Waals surface area (Å²) in [4.78, 5) is 0. The number of aliphatic hydroxyl groups excluding tert-OH is 1. The summed E-state index contributed by atoms with van der Waals surface area (Å²) in [5, 5.41) is 9.51. The minimum Gasteiger partial charge on any atom is -0.387 e. The predicted octanol–water partition coefficient (Wildman–Crippen LogP) is 0.384. The minimum absolute atomic E-state index is 0.288. The molecule has 0 radical (unpaired) electrons. The fourth-order valence-corrected chi connectivity index (χ4v) is 1.70. The number of rotatable bonds is 1. The first-order valence-corrected chi connectivity index (χ1v) is 3.89. The normalized spacial score (nSPS) is 22.2. The van der Waals surface area contributed by atoms with Gasteiger partial charge in [0.05, 0.1) is 11.8 Å². The summed E-state index contributed by atoms with van der Waals surface area (Å²) in [6, 6.07) is 1.98. The summed E-state index contributed by atoms with van der Waals surface area (Å²) < 4.78 is 2.08. The van der Waals surface area contributed by atoms with Gasteiger partial charge in [-0.15, -0.1) is 0 Å². The Bertz CT molecular complexity index is 267. The molecule has 1 unspecified atom stereocenters. The highest BCUT2D eigenvalue weighted by molar-refractivity contribution is 5.26. The molecule has 1 aromatic rings. The van der Waals surface area contributed by atoms with Crippen LogP contribution in [0.15, 0.2) is 12.3 Å². The average molecular weight is 152 g/mol. The Morgan fingerprint density at radius 1 is 1.73 bits per heavy atom. The molecule has 2 heterocycles. The van der Waals surface area contributed by atoms with E-state index >= 15 is 0 Å². The molecule has 1 aliphatic heterocycles. The first kappa shape index (κ1) is 6.88. The van der Waals surface area contributed by atoms with Crippen LogP contribution in [0.2, 0.25) is 0 Å². The van der Waals surface area contributed by atoms with Crippen molar-refractivity contribution in [2.24, 2.45) is 5.73 Å². The number of aryl methyl sites for hydroxylation is 1. The van der Waals surface area contributed by atoms with E-state index in [4.69, 9.17) is 5.73 Å². The van der Waals surface area contributed by atoms with Crippen LogP contribution < -0.4 is 5.73 Å². The largest absolute Gasteiger partial charge is 0.387 e. The molecule has 0 aromatic carbocycles. The lowest BCUT2D eigenvalue weighted by Gasteiger charge is -2.02. The Labute approximate surface area is 65.4 Å². The van der Waals surface area contributed by atoms with Crippen LogP contribution in [0, 0.1) is 0 Å². The van der Waals surface area contributed by atoms with E-state index in [9.17, 15) is 5.11 Å². The Morgan fingerprint density at radius 2 is 2.55 bits per heavy atom. The highest BCUT2D eigenvalue weighted by atomic mass is 16.3. The van der Waals surface area contributed by atoms with Gasteiger partial charge in [0, 0.05) is 19.3 Å². The van der Waals surface area contributed by atoms with Crippen LogP contribution in [0.4, 0.5) is 0 Å². The molecular weight excluding hydrogens is 140 g/mol. The SMILES string of the molecule is NCc1ccn2c1C(O)CC2. The second-order valence-corrected chi connectivity index (χ2v) is 2.93. The summed E-state index contributed by atoms with van der Waals surface area (Å²) in [5.74, 6) is 0. The third kappa shape index (κ3) is 0.886. The zero-order valence-electron chi connectivity index (χ0n) is 6.33. The van der Waals surface area contributed by atoms with Crippen molar-refractivity contribution in [3.63, 3.8) is 0 Å². The van der Waals surface area contributed by atoms with Crippen LogP contribution in [0.3, 0.4) is 0 Å². The van der Waals surface area contributed by atoms with Crippen molar-refractivity contribution >= 4 is 0 Å². The van der Waals surface area contributed by atoms with E-state index in [1.165, 1.54) is 0 Å². The molecule has 3 heteroatoms. The fourth-order valence-electron chi connectivity index (χ4n) is 1.70. The summed E-state index contributed by atoms with van der Waals surface area (Å²) in [6.07, 6.45) is 2.54. The number of nitrogens with two attached hydrogens (primary N) is 1. The molecule has 3 nitrogen and oxygen atoms in total. The molecule has 0 saturated heterocycles. The lowest BCUT2D eigenvalue weighted by atomic mass is 10.1. The number of fused-ring (bicyclic) bond motifs is 1. The van der Waals surface area contributed by atoms with Crippen molar-refractivity contribution in [2.75, 3.05) is 0 Å². The van der Waals surface area contributed by atoms with Crippen molar-refractivity contribution in [1.82, 2.24) is 4.57 Å². The minimum atomic E-state index is -0.288. The number of hydrogen-bond acceptors (Lipinski definition) is 2. The number of nitrogens with zero attached hydrogens (tertiary/aromatic N) is 1. The third-order valence-corrected chi connectivity index (χ3v) is 2.27. The van der Waals surface area contributed by atoms with Gasteiger partial charge in [0.25, 0.3) is 0 Å². The van der Waals surface area contributed by atoms with Crippen molar-refractivity contribution < 1.29 is 5.11 Å². The smallest absolute Gasteiger partial charge is 0.0960 e. The first-order chi connectivity index (χ1) is 5.33. The van der Waals surface area contributed by atoms with Gasteiger partial charge >= 0.3 is 0 Å². The standard InChI is InChI=1S/C8H12N2O/c9-5-6-1-3-10-4-2-7(11)8(6)10/h1,3,7,11H,2,4-5,9H2. The molecule has 11 heavy (non-hydrogen) atoms. The maximum atomic E-state index is 9.51. The third-order valence-electron chi connectivity index (χ3n) is 2.27. The van der Waals surface area contributed by atoms with Gasteiger partial charge in [0.15, 0.2) is 0 Å². The molecule has 0 spiro atoms. The van der Waals surface area contributed by atoms with Gasteiger partial charge in [-0.2, -0.15) is 0 Å². The summed E-state index contributed by atoms with van der Waals surface area (Å²) in [5.41, 5.74) is 7.60. The Kier molecular flexibility index (Phi) is 1.47. The summed E-state index contributed by atoms with van der Waals surface area (Å²) in [6.45, 7) is 1.45. The molecule has 1 atom stereocenters. The van der Waals surface area contributed by atoms with Gasteiger partial charge in [-0.05, 0) is 18.1 Å². The van der Waals surface area contributed by atoms with E-state index in [1.807, 2.05) is 12.3 Å². The molecular formula is C8H12N2O. The highest BCUT2D eigenvalue weighted by Gasteiger charge is 2.22. The average Bonchev–Trinajstić information content (AvgIpc) is 2.54. The molecule has 1 aliphatic rings. The van der Waals surface area contributed by atoms with Crippen molar-refractivity contribution in [2.45, 2.75) is 25.6 Å². The number of aliphatic hydroxyl groups is 1. The van der Waals surface area contributed by atoms with E-state index in [1.54, 1.807) is 0 Å². The van der Waals surface area contributed by atoms with E-state index in [0.29, 0.717) is 6.54 Å². The van der Waals surface area contributed by atoms with Gasteiger partial charge < -0.3 is 15.4 Å². The van der Waals surface area contributed by atoms with Crippen LogP contribution in [0.5, 0.6) is 0 Å². The van der Waals surface area contributed by atoms with Crippen molar-refractivity contribution in [1.29, 1.82) is 0 Å². The molecule has 2 rings (SSSR count). The molecule has 0 saturated carbocycles. The van der Waals surface area contributed by atoms with E-state index in [0.717, 1.165) is 24.2 Å². The predicted molar refractivity (Wildman–Crippen MR) is 41.9 cm³/mol. The molecule has 0 bridgehead atoms. The summed E-state index contributed by atoms with van der Waals surface area (Å²) >= 11 is 0. The highest BCUT2D eigenvalue weighted by Crippen LogP contribution is 2.28. The van der Waals surface area contributed by atoms with Crippen molar-refractivity contribution in [3.05, 3.63) is 23.5 Å². The molecule has 0 amide bonds. The molecule has 1 aromatic heterocycles. The van der Waals surface area contributed by atoms with Gasteiger partial charge in [-0.25, -0.2) is 0 Å². The van der Waals surface area contributed by atoms with Crippen LogP contribution >= 0.6 is 0 Å². The van der Waals surface area contributed by atoms with E-state index < -0.39 is 0 Å². The van der Waals surface area contributed by atoms with E-state index in [-0.39, 0.29) is 6.10 Å². The molecule has 60 valence electrons. The quantitative estimate of drug-likeness (QED) is 0.611. The van der Waals surface area contributed by atoms with Gasteiger partial charge in [-0.3, -0.25) is 0 Å². The maximum absolute atomic E-state index is 9.51. The van der Waals surface area contributed by atoms with Crippen LogP contribution in [-0.2, 0) is 13.1 Å². The number of hydrogen-bond donors (Lipinski definition) is 2. The Morgan fingerprint density at radius 3 is 3.27 bits per heavy atom. The van der Waals surface area contributed by atoms with Crippen LogP contribution in [0.1, 0.15) is 23.8 Å². The Hall–Kier alpha value is -0.800. The van der Waals surface area contributed by atoms with Gasteiger partial charge in [0.1, 0.15) is 0 Å². The molecule has 0 aliphatic carbocycles. The maximum Gasteiger partial charge on any atom is 0.0960 e. The second-order valence-electron chi connectivity index (χ2n) is 2.93. The van der Waals surface area contributed by atoms with Gasteiger partial charge in [-0.1, -0.05) is 0 Å². The fraction of sp³-hybridized carbons (Fsp3) is 0.500. The molecule has 3 N–H and O–H groups in total. The zero-order chi connectivity index (χ0) is 7.84. The van der Waals surface area contributed by atoms with E-state index in [2.05, 4.69) is 4.57 Å². The van der Waals surface area contributed by atoms with Gasteiger partial charge in [0.2, 0.25) is 0 Å². The van der Waals surface area contributed by atoms with Crippen LogP contribution in [0.25, 0.3) is 0 Å². The Balaban J connectivity index is 2.46. The molecule has 0 fully saturated rings. The zero-order valence-corrected chi connectivity index (χ0v) is 6.33.